The molecule has 0 saturated heterocycles. The summed E-state index contributed by atoms with van der Waals surface area (Å²) in [5, 5.41) is 0. The van der Waals surface area contributed by atoms with Gasteiger partial charge < -0.3 is 9.47 Å². The van der Waals surface area contributed by atoms with Crippen molar-refractivity contribution in [3.8, 4) is 0 Å². The van der Waals surface area contributed by atoms with Crippen LogP contribution < -0.4 is 0 Å². The van der Waals surface area contributed by atoms with Gasteiger partial charge in [0, 0.05) is 0 Å². The van der Waals surface area contributed by atoms with Crippen molar-refractivity contribution in [1.29, 1.82) is 0 Å². The van der Waals surface area contributed by atoms with E-state index in [2.05, 4.69) is 16.1 Å². The molecule has 2 aliphatic rings. The van der Waals surface area contributed by atoms with Gasteiger partial charge in [-0.2, -0.15) is 0 Å². The van der Waals surface area contributed by atoms with Crippen LogP contribution in [0.1, 0.15) is 57.8 Å². The zero-order valence-electron chi connectivity index (χ0n) is 17.2. The van der Waals surface area contributed by atoms with Gasteiger partial charge in [-0.1, -0.05) is 18.9 Å². The highest BCUT2D eigenvalue weighted by molar-refractivity contribution is 5.97. The van der Waals surface area contributed by atoms with E-state index in [1.54, 1.807) is 0 Å². The Morgan fingerprint density at radius 1 is 0.933 bits per heavy atom. The third-order valence-electron chi connectivity index (χ3n) is 5.29. The van der Waals surface area contributed by atoms with Gasteiger partial charge in [-0.25, -0.2) is 24.4 Å². The fourth-order valence-electron chi connectivity index (χ4n) is 3.91. The zero-order chi connectivity index (χ0) is 21.6. The average molecular weight is 416 g/mol. The van der Waals surface area contributed by atoms with Gasteiger partial charge in [0.1, 0.15) is 13.2 Å². The van der Waals surface area contributed by atoms with Crippen molar-refractivity contribution in [3.05, 3.63) is 22.8 Å². The first-order valence-electron chi connectivity index (χ1n) is 10.5. The lowest BCUT2D eigenvalue weighted by Crippen LogP contribution is -2.27. The summed E-state index contributed by atoms with van der Waals surface area (Å²) in [7, 11) is 0. The predicted octanol–water partition coefficient (Wildman–Crippen LogP) is 3.12. The normalized spacial score (nSPS) is 19.3. The lowest BCUT2D eigenvalue weighted by atomic mass is 9.87. The summed E-state index contributed by atoms with van der Waals surface area (Å²) in [6.07, 6.45) is 13.0. The number of rotatable bonds is 9. The number of esters is 2. The van der Waals surface area contributed by atoms with Crippen molar-refractivity contribution < 1.29 is 28.7 Å². The highest BCUT2D eigenvalue weighted by Gasteiger charge is 2.35. The molecule has 1 atom stereocenters. The molecule has 0 radical (unpaired) electrons. The van der Waals surface area contributed by atoms with Crippen molar-refractivity contribution in [1.82, 2.24) is 0 Å². The van der Waals surface area contributed by atoms with Crippen molar-refractivity contribution in [3.63, 3.8) is 0 Å². The summed E-state index contributed by atoms with van der Waals surface area (Å²) < 4.78 is 10.6. The van der Waals surface area contributed by atoms with Gasteiger partial charge >= 0.3 is 11.9 Å². The molecule has 0 saturated carbocycles. The highest BCUT2D eigenvalue weighted by atomic mass is 16.5. The lowest BCUT2D eigenvalue weighted by Gasteiger charge is -2.21. The zero-order valence-corrected chi connectivity index (χ0v) is 17.2. The first-order valence-corrected chi connectivity index (χ1v) is 10.5. The predicted molar refractivity (Wildman–Crippen MR) is 108 cm³/mol. The van der Waals surface area contributed by atoms with Crippen LogP contribution in [-0.4, -0.2) is 50.4 Å². The third-order valence-corrected chi connectivity index (χ3v) is 5.29. The summed E-state index contributed by atoms with van der Waals surface area (Å²) in [5.74, 6) is -1.80. The Bertz CT molecular complexity index is 772. The molecule has 8 nitrogen and oxygen atoms in total. The van der Waals surface area contributed by atoms with Crippen LogP contribution in [0.15, 0.2) is 32.8 Å². The fraction of sp³-hybridized carbons (Fsp3) is 0.636. The van der Waals surface area contributed by atoms with Crippen LogP contribution in [0.25, 0.3) is 0 Å². The largest absolute Gasteiger partial charge is 0.463 e. The van der Waals surface area contributed by atoms with Gasteiger partial charge in [-0.05, 0) is 56.1 Å². The lowest BCUT2D eigenvalue weighted by molar-refractivity contribution is -0.150. The van der Waals surface area contributed by atoms with Crippen molar-refractivity contribution in [2.24, 2.45) is 15.9 Å². The molecule has 0 aromatic heterocycles. The summed E-state index contributed by atoms with van der Waals surface area (Å²) in [5.41, 5.74) is 2.38. The van der Waals surface area contributed by atoms with Crippen molar-refractivity contribution >= 4 is 24.1 Å². The van der Waals surface area contributed by atoms with Crippen LogP contribution in [0.3, 0.4) is 0 Å². The molecule has 0 fully saturated rings. The SMILES string of the molecule is O=C=NCCOC(=O)C1=C(C2=CCCCCC2)CCCCC1C(=O)OCCN=C=O. The maximum absolute atomic E-state index is 13.0. The van der Waals surface area contributed by atoms with Crippen LogP contribution in [0.4, 0.5) is 0 Å². The molecule has 0 aliphatic heterocycles. The molecule has 0 aromatic carbocycles. The number of nitrogens with zero attached hydrogens (tertiary/aromatic N) is 2. The molecule has 162 valence electrons. The average Bonchev–Trinajstić information content (AvgIpc) is 3.15. The molecule has 2 rings (SSSR count). The number of ether oxygens (including phenoxy) is 2. The molecule has 30 heavy (non-hydrogen) atoms. The standard InChI is InChI=1S/C22H28N2O6/c25-15-23-11-13-29-21(27)19-10-6-5-9-18(17-7-3-1-2-4-8-17)20(19)22(28)30-14-12-24-16-26/h7,19H,1-6,8-14H2. The minimum absolute atomic E-state index is 0.0271. The second-order valence-electron chi connectivity index (χ2n) is 7.27. The maximum atomic E-state index is 13.0. The molecule has 0 N–H and O–H groups in total. The number of carbonyl (C=O) groups is 2. The summed E-state index contributed by atoms with van der Waals surface area (Å²) >= 11 is 0. The molecule has 0 spiro atoms. The first kappa shape index (κ1) is 23.5. The van der Waals surface area contributed by atoms with Crippen LogP contribution in [0.2, 0.25) is 0 Å². The number of aliphatic imine (C=N–C) groups is 2. The van der Waals surface area contributed by atoms with E-state index in [0.717, 1.165) is 56.1 Å². The Balaban J connectivity index is 2.32. The molecular weight excluding hydrogens is 388 g/mol. The Morgan fingerprint density at radius 3 is 2.37 bits per heavy atom. The van der Waals surface area contributed by atoms with E-state index in [1.807, 2.05) is 0 Å². The molecule has 8 heteroatoms. The Kier molecular flexibility index (Phi) is 10.5. The topological polar surface area (TPSA) is 111 Å². The molecule has 0 bridgehead atoms. The number of hydrogen-bond donors (Lipinski definition) is 0. The third kappa shape index (κ3) is 7.21. The van der Waals surface area contributed by atoms with E-state index < -0.39 is 17.9 Å². The van der Waals surface area contributed by atoms with Gasteiger partial charge in [0.25, 0.3) is 0 Å². The number of hydrogen-bond acceptors (Lipinski definition) is 8. The maximum Gasteiger partial charge on any atom is 0.335 e. The molecule has 1 unspecified atom stereocenters. The number of isocyanates is 2. The summed E-state index contributed by atoms with van der Waals surface area (Å²) in [6, 6.07) is 0. The van der Waals surface area contributed by atoms with E-state index >= 15 is 0 Å². The quantitative estimate of drug-likeness (QED) is 0.247. The van der Waals surface area contributed by atoms with Gasteiger partial charge in [0.15, 0.2) is 0 Å². The van der Waals surface area contributed by atoms with E-state index in [4.69, 9.17) is 9.47 Å². The second-order valence-corrected chi connectivity index (χ2v) is 7.27. The van der Waals surface area contributed by atoms with E-state index in [0.29, 0.717) is 18.4 Å². The summed E-state index contributed by atoms with van der Waals surface area (Å²) in [6.45, 7) is -0.0365. The molecule has 2 aliphatic carbocycles. The van der Waals surface area contributed by atoms with Crippen molar-refractivity contribution in [2.75, 3.05) is 26.3 Å². The van der Waals surface area contributed by atoms with E-state index in [-0.39, 0.29) is 26.3 Å². The monoisotopic (exact) mass is 416 g/mol. The Morgan fingerprint density at radius 2 is 1.63 bits per heavy atom. The van der Waals surface area contributed by atoms with Crippen LogP contribution >= 0.6 is 0 Å². The summed E-state index contributed by atoms with van der Waals surface area (Å²) in [4.78, 5) is 53.0. The van der Waals surface area contributed by atoms with E-state index in [9.17, 15) is 19.2 Å². The van der Waals surface area contributed by atoms with Crippen molar-refractivity contribution in [2.45, 2.75) is 57.8 Å². The molecule has 0 heterocycles. The smallest absolute Gasteiger partial charge is 0.335 e. The first-order chi connectivity index (χ1) is 14.7. The highest BCUT2D eigenvalue weighted by Crippen LogP contribution is 2.37. The van der Waals surface area contributed by atoms with Gasteiger partial charge in [-0.15, -0.1) is 0 Å². The molecule has 0 amide bonds. The van der Waals surface area contributed by atoms with Crippen LogP contribution in [0.5, 0.6) is 0 Å². The van der Waals surface area contributed by atoms with Gasteiger partial charge in [0.2, 0.25) is 12.2 Å². The second kappa shape index (κ2) is 13.4. The minimum atomic E-state index is -0.728. The minimum Gasteiger partial charge on any atom is -0.463 e. The number of carbonyl (C=O) groups excluding carboxylic acids is 4. The molecular formula is C22H28N2O6. The Hall–Kier alpha value is -2.82. The van der Waals surface area contributed by atoms with Gasteiger partial charge in [-0.3, -0.25) is 4.79 Å². The Labute approximate surface area is 176 Å². The number of allylic oxidation sites excluding steroid dienone is 3. The van der Waals surface area contributed by atoms with E-state index in [1.165, 1.54) is 12.2 Å². The fourth-order valence-corrected chi connectivity index (χ4v) is 3.91. The van der Waals surface area contributed by atoms with Crippen LogP contribution in [-0.2, 0) is 28.7 Å². The molecule has 0 aromatic rings. The van der Waals surface area contributed by atoms with Gasteiger partial charge in [0.05, 0.1) is 24.6 Å². The van der Waals surface area contributed by atoms with Crippen LogP contribution in [0, 0.1) is 5.92 Å².